The molecule has 6 heteroatoms. The van der Waals surface area contributed by atoms with Crippen molar-refractivity contribution in [1.29, 1.82) is 0 Å². The largest absolute Gasteiger partial charge is 0.485 e. The number of ether oxygens (including phenoxy) is 1. The molecule has 1 aliphatic carbocycles. The zero-order valence-electron chi connectivity index (χ0n) is 11.1. The summed E-state index contributed by atoms with van der Waals surface area (Å²) in [7, 11) is 0. The molecule has 0 N–H and O–H groups in total. The first-order valence-corrected chi connectivity index (χ1v) is 8.20. The zero-order valence-corrected chi connectivity index (χ0v) is 13.5. The second-order valence-electron chi connectivity index (χ2n) is 5.33. The minimum atomic E-state index is -0.455. The van der Waals surface area contributed by atoms with E-state index in [0.29, 0.717) is 11.6 Å². The molecule has 110 valence electrons. The lowest BCUT2D eigenvalue weighted by Gasteiger charge is -2.35. The molecule has 0 spiro atoms. The van der Waals surface area contributed by atoms with E-state index in [0.717, 1.165) is 18.2 Å². The second-order valence-corrected chi connectivity index (χ2v) is 6.30. The fraction of sp³-hybridized carbons (Fsp3) is 0.571. The summed E-state index contributed by atoms with van der Waals surface area (Å²) in [5.41, 5.74) is -0.0105. The van der Waals surface area contributed by atoms with E-state index in [2.05, 4.69) is 15.9 Å². The SMILES string of the molecule is O=[N+]([O-])c1cccc(Cl)c1OCC1(CBr)CCCCC1. The molecule has 0 unspecified atom stereocenters. The van der Waals surface area contributed by atoms with Crippen LogP contribution in [0.1, 0.15) is 32.1 Å². The van der Waals surface area contributed by atoms with Crippen molar-refractivity contribution >= 4 is 33.2 Å². The number of nitro benzene ring substituents is 1. The maximum atomic E-state index is 11.0. The predicted octanol–water partition coefficient (Wildman–Crippen LogP) is 4.97. The van der Waals surface area contributed by atoms with Gasteiger partial charge in [-0.2, -0.15) is 0 Å². The summed E-state index contributed by atoms with van der Waals surface area (Å²) in [6.07, 6.45) is 5.77. The van der Waals surface area contributed by atoms with E-state index >= 15 is 0 Å². The van der Waals surface area contributed by atoms with Crippen molar-refractivity contribution in [1.82, 2.24) is 0 Å². The molecule has 20 heavy (non-hydrogen) atoms. The van der Waals surface area contributed by atoms with Crippen molar-refractivity contribution in [3.8, 4) is 5.75 Å². The van der Waals surface area contributed by atoms with Crippen LogP contribution in [0, 0.1) is 15.5 Å². The highest BCUT2D eigenvalue weighted by atomic mass is 79.9. The van der Waals surface area contributed by atoms with E-state index in [4.69, 9.17) is 16.3 Å². The maximum absolute atomic E-state index is 11.0. The van der Waals surface area contributed by atoms with E-state index in [1.807, 2.05) is 0 Å². The Morgan fingerprint density at radius 1 is 1.35 bits per heavy atom. The molecule has 1 aromatic rings. The molecule has 1 saturated carbocycles. The van der Waals surface area contributed by atoms with Crippen LogP contribution in [0.25, 0.3) is 0 Å². The summed E-state index contributed by atoms with van der Waals surface area (Å²) in [6, 6.07) is 4.60. The van der Waals surface area contributed by atoms with Crippen molar-refractivity contribution in [3.05, 3.63) is 33.3 Å². The summed E-state index contributed by atoms with van der Waals surface area (Å²) in [6.45, 7) is 0.461. The average Bonchev–Trinajstić information content (AvgIpc) is 2.46. The molecule has 0 amide bonds. The predicted molar refractivity (Wildman–Crippen MR) is 82.9 cm³/mol. The van der Waals surface area contributed by atoms with Crippen molar-refractivity contribution in [3.63, 3.8) is 0 Å². The first-order chi connectivity index (χ1) is 9.58. The number of hydrogen-bond acceptors (Lipinski definition) is 3. The van der Waals surface area contributed by atoms with Crippen LogP contribution in [0.5, 0.6) is 5.75 Å². The lowest BCUT2D eigenvalue weighted by Crippen LogP contribution is -2.32. The van der Waals surface area contributed by atoms with Crippen molar-refractivity contribution < 1.29 is 9.66 Å². The number of nitro groups is 1. The van der Waals surface area contributed by atoms with Gasteiger partial charge in [0, 0.05) is 16.8 Å². The Hall–Kier alpha value is -0.810. The summed E-state index contributed by atoms with van der Waals surface area (Å²) in [5, 5.41) is 12.2. The highest BCUT2D eigenvalue weighted by Gasteiger charge is 2.33. The van der Waals surface area contributed by atoms with Crippen LogP contribution in [0.15, 0.2) is 18.2 Å². The van der Waals surface area contributed by atoms with Crippen molar-refractivity contribution in [2.45, 2.75) is 32.1 Å². The Bertz CT molecular complexity index is 489. The van der Waals surface area contributed by atoms with E-state index in [-0.39, 0.29) is 16.9 Å². The third kappa shape index (κ3) is 3.44. The highest BCUT2D eigenvalue weighted by Crippen LogP contribution is 2.41. The van der Waals surface area contributed by atoms with Gasteiger partial charge in [0.25, 0.3) is 0 Å². The fourth-order valence-corrected chi connectivity index (χ4v) is 3.57. The van der Waals surface area contributed by atoms with Gasteiger partial charge >= 0.3 is 5.69 Å². The van der Waals surface area contributed by atoms with E-state index in [9.17, 15) is 10.1 Å². The summed E-state index contributed by atoms with van der Waals surface area (Å²) >= 11 is 9.60. The monoisotopic (exact) mass is 361 g/mol. The molecule has 0 aliphatic heterocycles. The van der Waals surface area contributed by atoms with Gasteiger partial charge in [-0.05, 0) is 18.9 Å². The molecule has 1 aromatic carbocycles. The lowest BCUT2D eigenvalue weighted by atomic mass is 9.76. The Labute approximate surface area is 131 Å². The maximum Gasteiger partial charge on any atom is 0.312 e. The van der Waals surface area contributed by atoms with Gasteiger partial charge in [0.15, 0.2) is 0 Å². The minimum absolute atomic E-state index is 0.0608. The van der Waals surface area contributed by atoms with E-state index < -0.39 is 4.92 Å². The lowest BCUT2D eigenvalue weighted by molar-refractivity contribution is -0.385. The molecular weight excluding hydrogens is 346 g/mol. The molecule has 1 fully saturated rings. The number of hydrogen-bond donors (Lipinski definition) is 0. The highest BCUT2D eigenvalue weighted by molar-refractivity contribution is 9.09. The molecule has 4 nitrogen and oxygen atoms in total. The standard InChI is InChI=1S/C14H17BrClNO3/c15-9-14(7-2-1-3-8-14)10-20-13-11(16)5-4-6-12(13)17(18)19/h4-6H,1-3,7-10H2. The smallest absolute Gasteiger partial charge is 0.312 e. The third-order valence-corrected chi connectivity index (χ3v) is 5.35. The van der Waals surface area contributed by atoms with Gasteiger partial charge in [-0.1, -0.05) is 52.9 Å². The van der Waals surface area contributed by atoms with Gasteiger partial charge in [-0.25, -0.2) is 0 Å². The van der Waals surface area contributed by atoms with E-state index in [1.54, 1.807) is 12.1 Å². The average molecular weight is 363 g/mol. The fourth-order valence-electron chi connectivity index (χ4n) is 2.63. The van der Waals surface area contributed by atoms with Crippen molar-refractivity contribution in [2.75, 3.05) is 11.9 Å². The number of nitrogens with zero attached hydrogens (tertiary/aromatic N) is 1. The van der Waals surface area contributed by atoms with Crippen LogP contribution < -0.4 is 4.74 Å². The van der Waals surface area contributed by atoms with Gasteiger partial charge in [0.05, 0.1) is 16.6 Å². The number of para-hydroxylation sites is 1. The van der Waals surface area contributed by atoms with Crippen molar-refractivity contribution in [2.24, 2.45) is 5.41 Å². The quantitative estimate of drug-likeness (QED) is 0.422. The molecule has 1 aliphatic rings. The Morgan fingerprint density at radius 2 is 2.05 bits per heavy atom. The number of alkyl halides is 1. The Balaban J connectivity index is 2.15. The first kappa shape index (κ1) is 15.6. The second kappa shape index (κ2) is 6.76. The summed E-state index contributed by atoms with van der Waals surface area (Å²) in [4.78, 5) is 10.6. The van der Waals surface area contributed by atoms with Gasteiger partial charge in [-0.3, -0.25) is 10.1 Å². The van der Waals surface area contributed by atoms with Crippen LogP contribution in [0.2, 0.25) is 5.02 Å². The van der Waals surface area contributed by atoms with E-state index in [1.165, 1.54) is 25.3 Å². The third-order valence-electron chi connectivity index (χ3n) is 3.86. The van der Waals surface area contributed by atoms with Gasteiger partial charge < -0.3 is 4.74 Å². The Kier molecular flexibility index (Phi) is 5.27. The van der Waals surface area contributed by atoms with Crippen LogP contribution in [0.3, 0.4) is 0 Å². The number of benzene rings is 1. The topological polar surface area (TPSA) is 52.4 Å². The number of halogens is 2. The molecular formula is C14H17BrClNO3. The molecule has 0 bridgehead atoms. The molecule has 0 radical (unpaired) electrons. The van der Waals surface area contributed by atoms with Gasteiger partial charge in [0.2, 0.25) is 5.75 Å². The normalized spacial score (nSPS) is 17.7. The molecule has 0 atom stereocenters. The summed E-state index contributed by atoms with van der Waals surface area (Å²) < 4.78 is 5.76. The minimum Gasteiger partial charge on any atom is -0.485 e. The molecule has 2 rings (SSSR count). The van der Waals surface area contributed by atoms with Crippen LogP contribution >= 0.6 is 27.5 Å². The Morgan fingerprint density at radius 3 is 2.65 bits per heavy atom. The molecule has 0 saturated heterocycles. The summed E-state index contributed by atoms with van der Waals surface area (Å²) in [5.74, 6) is 0.185. The van der Waals surface area contributed by atoms with Gasteiger partial charge in [-0.15, -0.1) is 0 Å². The zero-order chi connectivity index (χ0) is 14.6. The van der Waals surface area contributed by atoms with Crippen LogP contribution in [-0.2, 0) is 0 Å². The van der Waals surface area contributed by atoms with Gasteiger partial charge in [0.1, 0.15) is 0 Å². The van der Waals surface area contributed by atoms with Crippen LogP contribution in [-0.4, -0.2) is 16.9 Å². The first-order valence-electron chi connectivity index (χ1n) is 6.70. The molecule has 0 heterocycles. The van der Waals surface area contributed by atoms with Crippen LogP contribution in [0.4, 0.5) is 5.69 Å². The number of rotatable bonds is 5. The molecule has 0 aromatic heterocycles.